The number of carbonyl (C=O) groups excluding carboxylic acids is 1. The highest BCUT2D eigenvalue weighted by molar-refractivity contribution is 6.33. The van der Waals surface area contributed by atoms with E-state index in [1.54, 1.807) is 12.1 Å². The Morgan fingerprint density at radius 1 is 1.43 bits per heavy atom. The SMILES string of the molecule is CC1CCC(CO)CN1CCC(=O)Nc1ccccc1Cl. The van der Waals surface area contributed by atoms with E-state index >= 15 is 0 Å². The Hall–Kier alpha value is -1.10. The number of nitrogens with zero attached hydrogens (tertiary/aromatic N) is 1. The third kappa shape index (κ3) is 4.70. The van der Waals surface area contributed by atoms with Gasteiger partial charge in [-0.25, -0.2) is 0 Å². The Balaban J connectivity index is 1.82. The number of carbonyl (C=O) groups is 1. The molecule has 5 heteroatoms. The van der Waals surface area contributed by atoms with Crippen molar-refractivity contribution in [3.8, 4) is 0 Å². The van der Waals surface area contributed by atoms with Gasteiger partial charge in [0.05, 0.1) is 10.7 Å². The van der Waals surface area contributed by atoms with Crippen LogP contribution in [0.15, 0.2) is 24.3 Å². The number of halogens is 1. The van der Waals surface area contributed by atoms with Crippen LogP contribution in [0.5, 0.6) is 0 Å². The van der Waals surface area contributed by atoms with Crippen molar-refractivity contribution >= 4 is 23.2 Å². The lowest BCUT2D eigenvalue weighted by Gasteiger charge is -2.37. The van der Waals surface area contributed by atoms with Crippen molar-refractivity contribution < 1.29 is 9.90 Å². The van der Waals surface area contributed by atoms with Gasteiger partial charge in [-0.2, -0.15) is 0 Å². The quantitative estimate of drug-likeness (QED) is 0.879. The molecule has 2 N–H and O–H groups in total. The number of para-hydroxylation sites is 1. The van der Waals surface area contributed by atoms with E-state index in [1.807, 2.05) is 12.1 Å². The molecule has 0 aromatic heterocycles. The van der Waals surface area contributed by atoms with Gasteiger partial charge in [0, 0.05) is 32.2 Å². The van der Waals surface area contributed by atoms with Gasteiger partial charge in [-0.05, 0) is 37.8 Å². The third-order valence-electron chi connectivity index (χ3n) is 4.14. The summed E-state index contributed by atoms with van der Waals surface area (Å²) < 4.78 is 0. The zero-order valence-electron chi connectivity index (χ0n) is 12.4. The molecule has 1 heterocycles. The van der Waals surface area contributed by atoms with Crippen LogP contribution in [0.3, 0.4) is 0 Å². The van der Waals surface area contributed by atoms with E-state index in [1.165, 1.54) is 0 Å². The second kappa shape index (κ2) is 7.78. The molecular formula is C16H23ClN2O2. The molecule has 2 atom stereocenters. The highest BCUT2D eigenvalue weighted by Gasteiger charge is 2.25. The first-order valence-electron chi connectivity index (χ1n) is 7.49. The molecule has 0 aliphatic carbocycles. The number of aliphatic hydroxyl groups excluding tert-OH is 1. The Kier molecular flexibility index (Phi) is 6.03. The van der Waals surface area contributed by atoms with Crippen LogP contribution in [0.1, 0.15) is 26.2 Å². The molecule has 0 spiro atoms. The van der Waals surface area contributed by atoms with E-state index in [-0.39, 0.29) is 12.5 Å². The van der Waals surface area contributed by atoms with Crippen molar-refractivity contribution in [1.82, 2.24) is 4.90 Å². The topological polar surface area (TPSA) is 52.6 Å². The molecular weight excluding hydrogens is 288 g/mol. The number of amides is 1. The number of hydrogen-bond acceptors (Lipinski definition) is 3. The van der Waals surface area contributed by atoms with Gasteiger partial charge in [0.25, 0.3) is 0 Å². The smallest absolute Gasteiger partial charge is 0.225 e. The number of anilines is 1. The number of rotatable bonds is 5. The predicted octanol–water partition coefficient (Wildman–Crippen LogP) is 2.76. The highest BCUT2D eigenvalue weighted by Crippen LogP contribution is 2.23. The van der Waals surface area contributed by atoms with Gasteiger partial charge in [0.2, 0.25) is 5.91 Å². The van der Waals surface area contributed by atoms with Crippen molar-refractivity contribution in [2.45, 2.75) is 32.2 Å². The van der Waals surface area contributed by atoms with Gasteiger partial charge in [0.1, 0.15) is 0 Å². The summed E-state index contributed by atoms with van der Waals surface area (Å²) in [6, 6.07) is 7.71. The number of piperidine rings is 1. The maximum atomic E-state index is 12.0. The monoisotopic (exact) mass is 310 g/mol. The minimum Gasteiger partial charge on any atom is -0.396 e. The second-order valence-electron chi connectivity index (χ2n) is 5.75. The summed E-state index contributed by atoms with van der Waals surface area (Å²) in [5, 5.41) is 12.7. The number of aliphatic hydroxyl groups is 1. The zero-order valence-corrected chi connectivity index (χ0v) is 13.1. The predicted molar refractivity (Wildman–Crippen MR) is 85.5 cm³/mol. The lowest BCUT2D eigenvalue weighted by atomic mass is 9.94. The van der Waals surface area contributed by atoms with E-state index in [4.69, 9.17) is 11.6 Å². The Labute approximate surface area is 131 Å². The molecule has 21 heavy (non-hydrogen) atoms. The van der Waals surface area contributed by atoms with Crippen molar-refractivity contribution in [3.05, 3.63) is 29.3 Å². The summed E-state index contributed by atoms with van der Waals surface area (Å²) in [4.78, 5) is 14.3. The molecule has 1 saturated heterocycles. The molecule has 116 valence electrons. The van der Waals surface area contributed by atoms with Crippen molar-refractivity contribution in [2.75, 3.05) is 25.0 Å². The van der Waals surface area contributed by atoms with E-state index in [2.05, 4.69) is 17.1 Å². The first kappa shape index (κ1) is 16.3. The summed E-state index contributed by atoms with van der Waals surface area (Å²) in [6.45, 7) is 4.00. The van der Waals surface area contributed by atoms with Crippen molar-refractivity contribution in [2.24, 2.45) is 5.92 Å². The average molecular weight is 311 g/mol. The Morgan fingerprint density at radius 3 is 2.90 bits per heavy atom. The van der Waals surface area contributed by atoms with Gasteiger partial charge in [-0.1, -0.05) is 23.7 Å². The van der Waals surface area contributed by atoms with Crippen LogP contribution in [0, 0.1) is 5.92 Å². The molecule has 2 unspecified atom stereocenters. The number of likely N-dealkylation sites (tertiary alicyclic amines) is 1. The van der Waals surface area contributed by atoms with E-state index in [0.717, 1.165) is 19.4 Å². The Morgan fingerprint density at radius 2 is 2.19 bits per heavy atom. The first-order chi connectivity index (χ1) is 10.1. The van der Waals surface area contributed by atoms with E-state index in [0.29, 0.717) is 35.6 Å². The van der Waals surface area contributed by atoms with Crippen LogP contribution in [0.25, 0.3) is 0 Å². The fourth-order valence-corrected chi connectivity index (χ4v) is 2.93. The molecule has 1 aromatic rings. The molecule has 1 fully saturated rings. The normalized spacial score (nSPS) is 23.0. The molecule has 1 aliphatic heterocycles. The Bertz CT molecular complexity index is 481. The van der Waals surface area contributed by atoms with Crippen LogP contribution in [-0.2, 0) is 4.79 Å². The number of nitrogens with one attached hydrogen (secondary N) is 1. The van der Waals surface area contributed by atoms with Gasteiger partial charge < -0.3 is 10.4 Å². The fourth-order valence-electron chi connectivity index (χ4n) is 2.74. The molecule has 0 radical (unpaired) electrons. The first-order valence-corrected chi connectivity index (χ1v) is 7.87. The van der Waals surface area contributed by atoms with Gasteiger partial charge >= 0.3 is 0 Å². The lowest BCUT2D eigenvalue weighted by molar-refractivity contribution is -0.116. The van der Waals surface area contributed by atoms with Gasteiger partial charge in [0.15, 0.2) is 0 Å². The summed E-state index contributed by atoms with van der Waals surface area (Å²) in [5.41, 5.74) is 0.657. The largest absolute Gasteiger partial charge is 0.396 e. The van der Waals surface area contributed by atoms with E-state index in [9.17, 15) is 9.90 Å². The van der Waals surface area contributed by atoms with Crippen LogP contribution >= 0.6 is 11.6 Å². The zero-order chi connectivity index (χ0) is 15.2. The lowest BCUT2D eigenvalue weighted by Crippen LogP contribution is -2.43. The third-order valence-corrected chi connectivity index (χ3v) is 4.47. The molecule has 1 amide bonds. The summed E-state index contributed by atoms with van der Waals surface area (Å²) in [7, 11) is 0. The van der Waals surface area contributed by atoms with Gasteiger partial charge in [-0.3, -0.25) is 9.69 Å². The number of benzene rings is 1. The molecule has 2 rings (SSSR count). The minimum atomic E-state index is -0.0265. The van der Waals surface area contributed by atoms with E-state index < -0.39 is 0 Å². The fraction of sp³-hybridized carbons (Fsp3) is 0.562. The maximum Gasteiger partial charge on any atom is 0.225 e. The van der Waals surface area contributed by atoms with Crippen LogP contribution in [0.4, 0.5) is 5.69 Å². The van der Waals surface area contributed by atoms with Crippen molar-refractivity contribution in [1.29, 1.82) is 0 Å². The minimum absolute atomic E-state index is 0.0265. The average Bonchev–Trinajstić information content (AvgIpc) is 2.49. The molecule has 4 nitrogen and oxygen atoms in total. The maximum absolute atomic E-state index is 12.0. The summed E-state index contributed by atoms with van der Waals surface area (Å²) in [5.74, 6) is 0.314. The highest BCUT2D eigenvalue weighted by atomic mass is 35.5. The summed E-state index contributed by atoms with van der Waals surface area (Å²) >= 11 is 6.03. The van der Waals surface area contributed by atoms with Gasteiger partial charge in [-0.15, -0.1) is 0 Å². The van der Waals surface area contributed by atoms with Crippen LogP contribution in [-0.4, -0.2) is 41.7 Å². The standard InChI is InChI=1S/C16H23ClN2O2/c1-12-6-7-13(11-20)10-19(12)9-8-16(21)18-15-5-3-2-4-14(15)17/h2-5,12-13,20H,6-11H2,1H3,(H,18,21). The number of hydrogen-bond donors (Lipinski definition) is 2. The molecule has 1 aliphatic rings. The molecule has 1 aromatic carbocycles. The summed E-state index contributed by atoms with van der Waals surface area (Å²) in [6.07, 6.45) is 2.59. The van der Waals surface area contributed by atoms with Crippen LogP contribution in [0.2, 0.25) is 5.02 Å². The van der Waals surface area contributed by atoms with Crippen LogP contribution < -0.4 is 5.32 Å². The molecule has 0 saturated carbocycles. The van der Waals surface area contributed by atoms with Crippen molar-refractivity contribution in [3.63, 3.8) is 0 Å². The molecule has 0 bridgehead atoms. The second-order valence-corrected chi connectivity index (χ2v) is 6.16.